The van der Waals surface area contributed by atoms with Gasteiger partial charge in [-0.1, -0.05) is 63.3 Å². The first-order chi connectivity index (χ1) is 9.00. The van der Waals surface area contributed by atoms with Crippen LogP contribution in [0.2, 0.25) is 0 Å². The molecule has 2 nitrogen and oxygen atoms in total. The van der Waals surface area contributed by atoms with E-state index in [1.165, 1.54) is 0 Å². The van der Waals surface area contributed by atoms with Crippen molar-refractivity contribution in [1.82, 2.24) is 0 Å². The van der Waals surface area contributed by atoms with E-state index in [0.717, 1.165) is 11.5 Å². The van der Waals surface area contributed by atoms with Gasteiger partial charge >= 0.3 is 0 Å². The highest BCUT2D eigenvalue weighted by Crippen LogP contribution is 2.27. The minimum atomic E-state index is -0.0589. The number of aliphatic imine (C=N–C) groups is 1. The maximum absolute atomic E-state index is 5.94. The Morgan fingerprint density at radius 3 is 2.47 bits per heavy atom. The van der Waals surface area contributed by atoms with Crippen LogP contribution in [-0.2, 0) is 4.74 Å². The van der Waals surface area contributed by atoms with Crippen LogP contribution in [0, 0.1) is 5.41 Å². The number of benzene rings is 1. The van der Waals surface area contributed by atoms with E-state index in [-0.39, 0.29) is 17.6 Å². The summed E-state index contributed by atoms with van der Waals surface area (Å²) in [4.78, 5) is 4.60. The third-order valence-corrected chi connectivity index (χ3v) is 3.01. The zero-order valence-electron chi connectivity index (χ0n) is 11.8. The first-order valence-corrected chi connectivity index (χ1v) is 6.61. The minimum Gasteiger partial charge on any atom is -0.470 e. The standard InChI is InChI=1S/C17H21NO/c1-5-14-15(19-16(18-14)17(2,3)4)12-11-13-9-7-6-8-10-13/h5-12,14-15H,1H2,2-4H3/b12-11+/t14-,15-/m1/s1. The van der Waals surface area contributed by atoms with Crippen LogP contribution in [0.25, 0.3) is 6.08 Å². The Balaban J connectivity index is 2.11. The first-order valence-electron chi connectivity index (χ1n) is 6.61. The third kappa shape index (κ3) is 3.34. The maximum atomic E-state index is 5.94. The van der Waals surface area contributed by atoms with Crippen molar-refractivity contribution in [3.05, 3.63) is 54.6 Å². The lowest BCUT2D eigenvalue weighted by Gasteiger charge is -2.19. The average Bonchev–Trinajstić information content (AvgIpc) is 2.81. The second-order valence-corrected chi connectivity index (χ2v) is 5.76. The summed E-state index contributed by atoms with van der Waals surface area (Å²) in [6.45, 7) is 10.2. The molecule has 2 rings (SSSR count). The molecule has 0 saturated carbocycles. The van der Waals surface area contributed by atoms with Crippen LogP contribution in [0.1, 0.15) is 26.3 Å². The van der Waals surface area contributed by atoms with Crippen LogP contribution >= 0.6 is 0 Å². The second kappa shape index (κ2) is 5.43. The molecule has 1 aromatic rings. The molecular formula is C17H21NO. The molecule has 2 heteroatoms. The van der Waals surface area contributed by atoms with Gasteiger partial charge in [-0.05, 0) is 11.6 Å². The Bertz CT molecular complexity index is 494. The Kier molecular flexibility index (Phi) is 3.89. The zero-order chi connectivity index (χ0) is 13.9. The molecule has 19 heavy (non-hydrogen) atoms. The molecule has 0 amide bonds. The van der Waals surface area contributed by atoms with Crippen molar-refractivity contribution in [2.24, 2.45) is 10.4 Å². The summed E-state index contributed by atoms with van der Waals surface area (Å²) < 4.78 is 5.94. The number of nitrogens with zero attached hydrogens (tertiary/aromatic N) is 1. The predicted molar refractivity (Wildman–Crippen MR) is 81.2 cm³/mol. The highest BCUT2D eigenvalue weighted by Gasteiger charge is 2.33. The molecule has 0 spiro atoms. The normalized spacial score (nSPS) is 23.2. The molecule has 1 aromatic carbocycles. The largest absolute Gasteiger partial charge is 0.470 e. The van der Waals surface area contributed by atoms with E-state index in [1.54, 1.807) is 0 Å². The minimum absolute atomic E-state index is 0.00851. The molecule has 0 saturated heterocycles. The van der Waals surface area contributed by atoms with E-state index in [4.69, 9.17) is 4.74 Å². The lowest BCUT2D eigenvalue weighted by molar-refractivity contribution is 0.229. The summed E-state index contributed by atoms with van der Waals surface area (Å²) in [6, 6.07) is 10.2. The number of hydrogen-bond acceptors (Lipinski definition) is 2. The molecular weight excluding hydrogens is 234 g/mol. The van der Waals surface area contributed by atoms with Crippen LogP contribution in [0.5, 0.6) is 0 Å². The van der Waals surface area contributed by atoms with Crippen molar-refractivity contribution in [2.75, 3.05) is 0 Å². The van der Waals surface area contributed by atoms with Gasteiger partial charge in [-0.15, -0.1) is 6.58 Å². The summed E-state index contributed by atoms with van der Waals surface area (Å²) >= 11 is 0. The Morgan fingerprint density at radius 2 is 1.89 bits per heavy atom. The lowest BCUT2D eigenvalue weighted by atomic mass is 9.97. The fourth-order valence-electron chi connectivity index (χ4n) is 1.92. The van der Waals surface area contributed by atoms with Gasteiger partial charge < -0.3 is 4.74 Å². The van der Waals surface area contributed by atoms with Crippen molar-refractivity contribution >= 4 is 12.0 Å². The first kappa shape index (κ1) is 13.6. The van der Waals surface area contributed by atoms with Gasteiger partial charge in [-0.25, -0.2) is 4.99 Å². The van der Waals surface area contributed by atoms with Crippen molar-refractivity contribution in [3.63, 3.8) is 0 Å². The van der Waals surface area contributed by atoms with E-state index in [0.29, 0.717) is 0 Å². The van der Waals surface area contributed by atoms with Crippen molar-refractivity contribution < 1.29 is 4.74 Å². The Hall–Kier alpha value is -1.83. The van der Waals surface area contributed by atoms with Gasteiger partial charge in [0.1, 0.15) is 12.1 Å². The fourth-order valence-corrected chi connectivity index (χ4v) is 1.92. The average molecular weight is 255 g/mol. The van der Waals surface area contributed by atoms with E-state index in [2.05, 4.69) is 56.6 Å². The van der Waals surface area contributed by atoms with Gasteiger partial charge in [-0.2, -0.15) is 0 Å². The Labute approximate surface area is 115 Å². The number of ether oxygens (including phenoxy) is 1. The smallest absolute Gasteiger partial charge is 0.190 e. The van der Waals surface area contributed by atoms with Gasteiger partial charge in [0.15, 0.2) is 5.90 Å². The van der Waals surface area contributed by atoms with Crippen LogP contribution in [0.4, 0.5) is 0 Å². The number of rotatable bonds is 3. The number of hydrogen-bond donors (Lipinski definition) is 0. The quantitative estimate of drug-likeness (QED) is 0.745. The SMILES string of the molecule is C=C[C@H]1N=C(C(C)(C)C)O[C@@H]1/C=C/c1ccccc1. The van der Waals surface area contributed by atoms with Crippen LogP contribution < -0.4 is 0 Å². The summed E-state index contributed by atoms with van der Waals surface area (Å²) in [5.74, 6) is 0.806. The summed E-state index contributed by atoms with van der Waals surface area (Å²) in [5, 5.41) is 0. The van der Waals surface area contributed by atoms with Crippen molar-refractivity contribution in [2.45, 2.75) is 32.9 Å². The molecule has 0 N–H and O–H groups in total. The highest BCUT2D eigenvalue weighted by molar-refractivity contribution is 5.83. The lowest BCUT2D eigenvalue weighted by Crippen LogP contribution is -2.23. The predicted octanol–water partition coefficient (Wildman–Crippen LogP) is 4.10. The molecule has 1 aliphatic rings. The van der Waals surface area contributed by atoms with Gasteiger partial charge in [0.25, 0.3) is 0 Å². The van der Waals surface area contributed by atoms with Crippen LogP contribution in [0.3, 0.4) is 0 Å². The molecule has 0 aliphatic carbocycles. The summed E-state index contributed by atoms with van der Waals surface area (Å²) in [5.41, 5.74) is 1.11. The van der Waals surface area contributed by atoms with Crippen LogP contribution in [0.15, 0.2) is 54.1 Å². The molecule has 0 unspecified atom stereocenters. The van der Waals surface area contributed by atoms with E-state index < -0.39 is 0 Å². The third-order valence-electron chi connectivity index (χ3n) is 3.01. The Morgan fingerprint density at radius 1 is 1.21 bits per heavy atom. The molecule has 2 atom stereocenters. The van der Waals surface area contributed by atoms with Crippen LogP contribution in [-0.4, -0.2) is 18.0 Å². The highest BCUT2D eigenvalue weighted by atomic mass is 16.5. The molecule has 1 aliphatic heterocycles. The summed E-state index contributed by atoms with van der Waals surface area (Å²) in [6.07, 6.45) is 5.93. The van der Waals surface area contributed by atoms with Gasteiger partial charge in [0, 0.05) is 5.41 Å². The van der Waals surface area contributed by atoms with Gasteiger partial charge in [0.05, 0.1) is 0 Å². The topological polar surface area (TPSA) is 21.6 Å². The van der Waals surface area contributed by atoms with E-state index >= 15 is 0 Å². The van der Waals surface area contributed by atoms with Crippen molar-refractivity contribution in [1.29, 1.82) is 0 Å². The monoisotopic (exact) mass is 255 g/mol. The molecule has 0 fully saturated rings. The summed E-state index contributed by atoms with van der Waals surface area (Å²) in [7, 11) is 0. The molecule has 0 radical (unpaired) electrons. The maximum Gasteiger partial charge on any atom is 0.190 e. The second-order valence-electron chi connectivity index (χ2n) is 5.76. The van der Waals surface area contributed by atoms with Crippen molar-refractivity contribution in [3.8, 4) is 0 Å². The van der Waals surface area contributed by atoms with E-state index in [9.17, 15) is 0 Å². The molecule has 1 heterocycles. The fraction of sp³-hybridized carbons (Fsp3) is 0.353. The zero-order valence-corrected chi connectivity index (χ0v) is 11.8. The molecule has 0 aromatic heterocycles. The molecule has 0 bridgehead atoms. The molecule has 100 valence electrons. The van der Waals surface area contributed by atoms with E-state index in [1.807, 2.05) is 24.3 Å². The van der Waals surface area contributed by atoms with Gasteiger partial charge in [-0.3, -0.25) is 0 Å². The van der Waals surface area contributed by atoms with Gasteiger partial charge in [0.2, 0.25) is 0 Å².